The highest BCUT2D eigenvalue weighted by Gasteiger charge is 2.14. The first-order valence-corrected chi connectivity index (χ1v) is 4.48. The quantitative estimate of drug-likeness (QED) is 0.550. The summed E-state index contributed by atoms with van der Waals surface area (Å²) in [5.41, 5.74) is 2.50. The van der Waals surface area contributed by atoms with Crippen molar-refractivity contribution in [2.75, 3.05) is 5.75 Å². The van der Waals surface area contributed by atoms with Gasteiger partial charge in [0.25, 0.3) is 0 Å². The average Bonchev–Trinajstić information content (AvgIpc) is 2.34. The van der Waals surface area contributed by atoms with Crippen LogP contribution in [0.5, 0.6) is 0 Å². The Bertz CT molecular complexity index is 243. The number of aryl methyl sites for hydroxylation is 2. The Morgan fingerprint density at radius 2 is 2.50 bits per heavy atom. The summed E-state index contributed by atoms with van der Waals surface area (Å²) in [6.45, 7) is 0. The van der Waals surface area contributed by atoms with E-state index in [0.717, 1.165) is 12.2 Å². The molecular weight excluding hydrogens is 146 g/mol. The molecule has 0 N–H and O–H groups in total. The molecule has 1 aromatic heterocycles. The molecule has 2 heterocycles. The van der Waals surface area contributed by atoms with Crippen molar-refractivity contribution in [2.45, 2.75) is 12.2 Å². The van der Waals surface area contributed by atoms with E-state index in [1.807, 2.05) is 23.5 Å². The summed E-state index contributed by atoms with van der Waals surface area (Å²) in [5.74, 6) is 2.28. The Balaban J connectivity index is 2.45. The van der Waals surface area contributed by atoms with Crippen LogP contribution in [0.4, 0.5) is 0 Å². The van der Waals surface area contributed by atoms with E-state index in [0.29, 0.717) is 0 Å². The normalized spacial score (nSPS) is 16.9. The van der Waals surface area contributed by atoms with Crippen molar-refractivity contribution in [1.29, 1.82) is 0 Å². The first kappa shape index (κ1) is 6.22. The van der Waals surface area contributed by atoms with Crippen LogP contribution >= 0.6 is 11.8 Å². The van der Waals surface area contributed by atoms with Gasteiger partial charge in [-0.05, 0) is 5.75 Å². The van der Waals surface area contributed by atoms with E-state index in [2.05, 4.69) is 10.3 Å². The molecule has 0 unspecified atom stereocenters. The second kappa shape index (κ2) is 2.27. The minimum Gasteiger partial charge on any atom is -0.251 e. The van der Waals surface area contributed by atoms with E-state index in [4.69, 9.17) is 0 Å². The van der Waals surface area contributed by atoms with Crippen LogP contribution < -0.4 is 0 Å². The van der Waals surface area contributed by atoms with Gasteiger partial charge in [0.05, 0.1) is 11.4 Å². The molecule has 0 saturated heterocycles. The Morgan fingerprint density at radius 3 is 3.30 bits per heavy atom. The van der Waals surface area contributed by atoms with Crippen molar-refractivity contribution in [1.82, 2.24) is 15.0 Å². The van der Waals surface area contributed by atoms with Crippen LogP contribution in [0.1, 0.15) is 11.4 Å². The van der Waals surface area contributed by atoms with Gasteiger partial charge in [-0.3, -0.25) is 4.68 Å². The van der Waals surface area contributed by atoms with Gasteiger partial charge in [0, 0.05) is 19.2 Å². The predicted molar refractivity (Wildman–Crippen MR) is 40.9 cm³/mol. The number of hydrogen-bond acceptors (Lipinski definition) is 3. The van der Waals surface area contributed by atoms with Crippen LogP contribution in [-0.2, 0) is 19.2 Å². The molecule has 2 rings (SSSR count). The van der Waals surface area contributed by atoms with Crippen molar-refractivity contribution >= 4 is 11.8 Å². The Labute approximate surface area is 63.8 Å². The van der Waals surface area contributed by atoms with Crippen LogP contribution in [0.25, 0.3) is 0 Å². The Hall–Kier alpha value is -0.510. The minimum absolute atomic E-state index is 1.08. The van der Waals surface area contributed by atoms with E-state index in [1.165, 1.54) is 17.1 Å². The zero-order chi connectivity index (χ0) is 6.97. The largest absolute Gasteiger partial charge is 0.251 e. The lowest BCUT2D eigenvalue weighted by atomic mass is 10.3. The second-order valence-corrected chi connectivity index (χ2v) is 3.51. The molecule has 1 aliphatic rings. The molecule has 1 aromatic rings. The van der Waals surface area contributed by atoms with Crippen LogP contribution in [0, 0.1) is 0 Å². The van der Waals surface area contributed by atoms with Crippen molar-refractivity contribution < 1.29 is 0 Å². The molecule has 0 spiro atoms. The topological polar surface area (TPSA) is 30.7 Å². The maximum atomic E-state index is 4.06. The molecule has 54 valence electrons. The zero-order valence-electron chi connectivity index (χ0n) is 5.87. The fourth-order valence-electron chi connectivity index (χ4n) is 1.13. The fraction of sp³-hybridized carbons (Fsp3) is 0.667. The highest BCUT2D eigenvalue weighted by molar-refractivity contribution is 7.98. The first-order chi connectivity index (χ1) is 4.88. The third-order valence-corrected chi connectivity index (χ3v) is 2.72. The molecule has 0 fully saturated rings. The van der Waals surface area contributed by atoms with Crippen LogP contribution in [0.2, 0.25) is 0 Å². The van der Waals surface area contributed by atoms with Gasteiger partial charge < -0.3 is 0 Å². The van der Waals surface area contributed by atoms with Crippen molar-refractivity contribution in [2.24, 2.45) is 7.05 Å². The molecule has 0 aliphatic carbocycles. The van der Waals surface area contributed by atoms with Crippen LogP contribution in [0.3, 0.4) is 0 Å². The zero-order valence-corrected chi connectivity index (χ0v) is 6.69. The van der Waals surface area contributed by atoms with E-state index >= 15 is 0 Å². The van der Waals surface area contributed by atoms with Crippen LogP contribution in [-0.4, -0.2) is 20.7 Å². The highest BCUT2D eigenvalue weighted by atomic mass is 32.2. The fourth-order valence-corrected chi connectivity index (χ4v) is 2.16. The molecule has 3 nitrogen and oxygen atoms in total. The summed E-state index contributed by atoms with van der Waals surface area (Å²) < 4.78 is 1.88. The van der Waals surface area contributed by atoms with Gasteiger partial charge in [-0.25, -0.2) is 0 Å². The molecule has 0 aromatic carbocycles. The molecule has 0 atom stereocenters. The standard InChI is InChI=1S/C6H9N3S/c1-9-6-4-10-3-2-5(6)7-8-9/h2-4H2,1H3. The number of hydrogen-bond donors (Lipinski definition) is 0. The Kier molecular flexibility index (Phi) is 1.41. The summed E-state index contributed by atoms with van der Waals surface area (Å²) in [6, 6.07) is 0. The number of thioether (sulfide) groups is 1. The molecule has 0 radical (unpaired) electrons. The second-order valence-electron chi connectivity index (χ2n) is 2.41. The van der Waals surface area contributed by atoms with E-state index in [1.54, 1.807) is 0 Å². The SMILES string of the molecule is Cn1nnc2c1CSCC2. The first-order valence-electron chi connectivity index (χ1n) is 3.33. The van der Waals surface area contributed by atoms with Gasteiger partial charge in [0.15, 0.2) is 0 Å². The molecule has 0 bridgehead atoms. The monoisotopic (exact) mass is 155 g/mol. The third-order valence-electron chi connectivity index (χ3n) is 1.75. The summed E-state index contributed by atoms with van der Waals surface area (Å²) in [6.07, 6.45) is 1.09. The van der Waals surface area contributed by atoms with Crippen molar-refractivity contribution in [3.63, 3.8) is 0 Å². The average molecular weight is 155 g/mol. The molecule has 0 saturated carbocycles. The maximum Gasteiger partial charge on any atom is 0.0875 e. The van der Waals surface area contributed by atoms with Gasteiger partial charge in [-0.1, -0.05) is 5.21 Å². The van der Waals surface area contributed by atoms with Crippen LogP contribution in [0.15, 0.2) is 0 Å². The van der Waals surface area contributed by atoms with Crippen molar-refractivity contribution in [3.05, 3.63) is 11.4 Å². The van der Waals surface area contributed by atoms with Gasteiger partial charge in [-0.15, -0.1) is 5.10 Å². The lowest BCUT2D eigenvalue weighted by Gasteiger charge is -2.08. The van der Waals surface area contributed by atoms with Gasteiger partial charge >= 0.3 is 0 Å². The van der Waals surface area contributed by atoms with Gasteiger partial charge in [-0.2, -0.15) is 11.8 Å². The summed E-state index contributed by atoms with van der Waals surface area (Å²) >= 11 is 1.96. The number of rotatable bonds is 0. The Morgan fingerprint density at radius 1 is 1.60 bits per heavy atom. The lowest BCUT2D eigenvalue weighted by Crippen LogP contribution is -2.04. The number of aromatic nitrogens is 3. The van der Waals surface area contributed by atoms with Crippen molar-refractivity contribution in [3.8, 4) is 0 Å². The van der Waals surface area contributed by atoms with E-state index in [9.17, 15) is 0 Å². The van der Waals surface area contributed by atoms with E-state index < -0.39 is 0 Å². The smallest absolute Gasteiger partial charge is 0.0875 e. The summed E-state index contributed by atoms with van der Waals surface area (Å²) in [7, 11) is 1.96. The van der Waals surface area contributed by atoms with Gasteiger partial charge in [0.2, 0.25) is 0 Å². The van der Waals surface area contributed by atoms with Gasteiger partial charge in [0.1, 0.15) is 0 Å². The molecule has 10 heavy (non-hydrogen) atoms. The number of fused-ring (bicyclic) bond motifs is 1. The molecule has 4 heteroatoms. The minimum atomic E-state index is 1.08. The highest BCUT2D eigenvalue weighted by Crippen LogP contribution is 2.21. The molecular formula is C6H9N3S. The summed E-state index contributed by atoms with van der Waals surface area (Å²) in [5, 5.41) is 8.01. The predicted octanol–water partition coefficient (Wildman–Crippen LogP) is 0.604. The molecule has 1 aliphatic heterocycles. The maximum absolute atomic E-state index is 4.06. The van der Waals surface area contributed by atoms with E-state index in [-0.39, 0.29) is 0 Å². The number of nitrogens with zero attached hydrogens (tertiary/aromatic N) is 3. The molecule has 0 amide bonds. The summed E-state index contributed by atoms with van der Waals surface area (Å²) in [4.78, 5) is 0. The third kappa shape index (κ3) is 0.831. The lowest BCUT2D eigenvalue weighted by molar-refractivity contribution is 0.694.